The number of benzene rings is 2. The third-order valence-electron chi connectivity index (χ3n) is 6.67. The molecule has 3 aromatic carbocycles. The molecule has 2 saturated heterocycles. The number of nitrogens with one attached hydrogen (secondary N) is 1. The zero-order valence-electron chi connectivity index (χ0n) is 18.6. The largest absolute Gasteiger partial charge is 0.376 e. The summed E-state index contributed by atoms with van der Waals surface area (Å²) in [4.78, 5) is 43.2. The van der Waals surface area contributed by atoms with E-state index in [0.29, 0.717) is 36.6 Å². The van der Waals surface area contributed by atoms with Crippen molar-refractivity contribution in [2.24, 2.45) is 0 Å². The summed E-state index contributed by atoms with van der Waals surface area (Å²) in [5.41, 5.74) is 2.97. The minimum Gasteiger partial charge on any atom is -0.376 e. The molecular formula is C26H28N4O3. The molecule has 2 heterocycles. The van der Waals surface area contributed by atoms with Gasteiger partial charge in [0.25, 0.3) is 16.8 Å². The van der Waals surface area contributed by atoms with Gasteiger partial charge in [0.15, 0.2) is 0 Å². The minimum absolute atomic E-state index is 0.0426. The van der Waals surface area contributed by atoms with E-state index in [9.17, 15) is 14.4 Å². The van der Waals surface area contributed by atoms with E-state index >= 15 is 0 Å². The Balaban J connectivity index is 1.17. The van der Waals surface area contributed by atoms with Crippen LogP contribution in [-0.2, 0) is 6.54 Å². The molecule has 0 radical (unpaired) electrons. The van der Waals surface area contributed by atoms with Gasteiger partial charge < -0.3 is 20.0 Å². The molecule has 170 valence electrons. The number of piperazine rings is 1. The first-order valence-electron chi connectivity index (χ1n) is 11.6. The second-order valence-electron chi connectivity index (χ2n) is 8.74. The van der Waals surface area contributed by atoms with E-state index in [2.05, 4.69) is 22.3 Å². The molecule has 7 nitrogen and oxygen atoms in total. The molecule has 0 saturated carbocycles. The summed E-state index contributed by atoms with van der Waals surface area (Å²) >= 11 is 0. The van der Waals surface area contributed by atoms with Crippen LogP contribution in [0.15, 0.2) is 64.2 Å². The molecule has 0 aromatic heterocycles. The van der Waals surface area contributed by atoms with Crippen LogP contribution >= 0.6 is 0 Å². The number of amides is 1. The Labute approximate surface area is 192 Å². The van der Waals surface area contributed by atoms with Crippen molar-refractivity contribution >= 4 is 23.0 Å². The van der Waals surface area contributed by atoms with E-state index in [4.69, 9.17) is 0 Å². The Morgan fingerprint density at radius 1 is 0.758 bits per heavy atom. The smallest absolute Gasteiger partial charge is 0.253 e. The van der Waals surface area contributed by atoms with Crippen LogP contribution in [0.2, 0.25) is 0 Å². The summed E-state index contributed by atoms with van der Waals surface area (Å²) in [7, 11) is 0. The van der Waals surface area contributed by atoms with Gasteiger partial charge in [0, 0.05) is 57.1 Å². The van der Waals surface area contributed by atoms with Gasteiger partial charge in [0.1, 0.15) is 11.4 Å². The molecule has 0 aliphatic carbocycles. The molecule has 0 spiro atoms. The van der Waals surface area contributed by atoms with E-state index in [1.54, 1.807) is 0 Å². The predicted octanol–water partition coefficient (Wildman–Crippen LogP) is 2.46. The number of nitrogens with zero attached hydrogens (tertiary/aromatic N) is 3. The molecule has 5 rings (SSSR count). The van der Waals surface area contributed by atoms with Crippen LogP contribution in [0.3, 0.4) is 0 Å². The molecule has 33 heavy (non-hydrogen) atoms. The minimum atomic E-state index is -0.432. The van der Waals surface area contributed by atoms with Gasteiger partial charge in [0.2, 0.25) is 0 Å². The Morgan fingerprint density at radius 3 is 2.09 bits per heavy atom. The topological polar surface area (TPSA) is 73.0 Å². The Kier molecular flexibility index (Phi) is 5.86. The maximum Gasteiger partial charge on any atom is 0.253 e. The quantitative estimate of drug-likeness (QED) is 0.589. The first-order chi connectivity index (χ1) is 16.1. The molecule has 2 fully saturated rings. The lowest BCUT2D eigenvalue weighted by Gasteiger charge is -2.36. The third-order valence-corrected chi connectivity index (χ3v) is 6.67. The molecule has 0 atom stereocenters. The van der Waals surface area contributed by atoms with Crippen molar-refractivity contribution in [3.63, 3.8) is 0 Å². The fourth-order valence-electron chi connectivity index (χ4n) is 4.73. The van der Waals surface area contributed by atoms with E-state index in [1.165, 1.54) is 5.69 Å². The summed E-state index contributed by atoms with van der Waals surface area (Å²) in [6.45, 7) is 5.13. The van der Waals surface area contributed by atoms with E-state index in [-0.39, 0.29) is 11.3 Å². The molecule has 3 aromatic rings. The zero-order valence-corrected chi connectivity index (χ0v) is 18.6. The Hall–Kier alpha value is -3.61. The van der Waals surface area contributed by atoms with Crippen LogP contribution in [-0.4, -0.2) is 50.1 Å². The predicted molar refractivity (Wildman–Crippen MR) is 131 cm³/mol. The number of para-hydroxylation sites is 1. The van der Waals surface area contributed by atoms with Gasteiger partial charge in [-0.3, -0.25) is 14.4 Å². The lowest BCUT2D eigenvalue weighted by atomic mass is 10.1. The molecule has 1 N–H and O–H groups in total. The second-order valence-corrected chi connectivity index (χ2v) is 8.74. The molecular weight excluding hydrogens is 416 g/mol. The van der Waals surface area contributed by atoms with E-state index in [1.807, 2.05) is 52.3 Å². The van der Waals surface area contributed by atoms with Crippen molar-refractivity contribution in [2.75, 3.05) is 54.4 Å². The van der Waals surface area contributed by atoms with Crippen LogP contribution < -0.4 is 26.0 Å². The molecule has 7 heteroatoms. The third kappa shape index (κ3) is 4.23. The van der Waals surface area contributed by atoms with Crippen molar-refractivity contribution in [1.29, 1.82) is 0 Å². The first-order valence-corrected chi connectivity index (χ1v) is 11.6. The number of hydrogen-bond acceptors (Lipinski definition) is 6. The highest BCUT2D eigenvalue weighted by Gasteiger charge is 2.27. The van der Waals surface area contributed by atoms with Gasteiger partial charge in [-0.15, -0.1) is 0 Å². The highest BCUT2D eigenvalue weighted by Crippen LogP contribution is 2.25. The summed E-state index contributed by atoms with van der Waals surface area (Å²) in [6.07, 6.45) is 2.10. The average Bonchev–Trinajstić information content (AvgIpc) is 3.40. The number of anilines is 3. The number of hydrogen-bond donors (Lipinski definition) is 1. The van der Waals surface area contributed by atoms with Crippen molar-refractivity contribution in [3.8, 4) is 0 Å². The summed E-state index contributed by atoms with van der Waals surface area (Å²) in [6, 6.07) is 17.8. The van der Waals surface area contributed by atoms with Crippen LogP contribution in [0, 0.1) is 0 Å². The van der Waals surface area contributed by atoms with Crippen LogP contribution in [0.5, 0.6) is 0 Å². The lowest BCUT2D eigenvalue weighted by molar-refractivity contribution is 0.0747. The first kappa shape index (κ1) is 21.2. The molecule has 0 unspecified atom stereocenters. The monoisotopic (exact) mass is 444 g/mol. The molecule has 2 aliphatic heterocycles. The molecule has 0 bridgehead atoms. The fourth-order valence-corrected chi connectivity index (χ4v) is 4.73. The Bertz CT molecular complexity index is 1180. The number of carbonyl (C=O) groups is 1. The van der Waals surface area contributed by atoms with Gasteiger partial charge in [-0.05, 0) is 42.7 Å². The zero-order chi connectivity index (χ0) is 22.8. The van der Waals surface area contributed by atoms with Gasteiger partial charge in [-0.25, -0.2) is 0 Å². The van der Waals surface area contributed by atoms with Crippen molar-refractivity contribution in [3.05, 3.63) is 86.2 Å². The highest BCUT2D eigenvalue weighted by atomic mass is 16.2. The van der Waals surface area contributed by atoms with Crippen LogP contribution in [0.4, 0.5) is 17.1 Å². The van der Waals surface area contributed by atoms with Gasteiger partial charge in [0.05, 0.1) is 0 Å². The second kappa shape index (κ2) is 9.10. The van der Waals surface area contributed by atoms with Crippen molar-refractivity contribution in [2.45, 2.75) is 19.4 Å². The summed E-state index contributed by atoms with van der Waals surface area (Å²) in [5.74, 6) is 0.0426. The fraction of sp³-hybridized carbons (Fsp3) is 0.346. The van der Waals surface area contributed by atoms with Gasteiger partial charge in [-0.2, -0.15) is 0 Å². The standard InChI is InChI=1S/C26H28N4O3/c31-24-22(23(25(24)32)29-12-4-5-13-29)27-18-19-8-10-20(11-9-19)26(33)30-16-14-28(15-17-30)21-6-2-1-3-7-21/h1-3,6-11,27H,4-5,12-18H2. The normalized spacial score (nSPS) is 16.4. The Morgan fingerprint density at radius 2 is 1.42 bits per heavy atom. The lowest BCUT2D eigenvalue weighted by Crippen LogP contribution is -2.48. The highest BCUT2D eigenvalue weighted by molar-refractivity contribution is 5.94. The van der Waals surface area contributed by atoms with E-state index in [0.717, 1.165) is 44.6 Å². The molecule has 2 aliphatic rings. The maximum atomic E-state index is 12.9. The van der Waals surface area contributed by atoms with Crippen LogP contribution in [0.25, 0.3) is 0 Å². The van der Waals surface area contributed by atoms with E-state index < -0.39 is 5.43 Å². The van der Waals surface area contributed by atoms with Gasteiger partial charge >= 0.3 is 0 Å². The number of rotatable bonds is 6. The average molecular weight is 445 g/mol. The van der Waals surface area contributed by atoms with Gasteiger partial charge in [-0.1, -0.05) is 30.3 Å². The summed E-state index contributed by atoms with van der Waals surface area (Å²) in [5, 5.41) is 3.14. The van der Waals surface area contributed by atoms with Crippen molar-refractivity contribution < 1.29 is 4.79 Å². The SMILES string of the molecule is O=C(c1ccc(CNc2c(N3CCCC3)c(=O)c2=O)cc1)N1CCN(c2ccccc2)CC1. The maximum absolute atomic E-state index is 12.9. The molecule has 1 amide bonds. The summed E-state index contributed by atoms with van der Waals surface area (Å²) < 4.78 is 0. The van der Waals surface area contributed by atoms with Crippen molar-refractivity contribution in [1.82, 2.24) is 4.90 Å². The number of carbonyl (C=O) groups excluding carboxylic acids is 1. The van der Waals surface area contributed by atoms with Crippen LogP contribution in [0.1, 0.15) is 28.8 Å².